The van der Waals surface area contributed by atoms with Gasteiger partial charge in [-0.3, -0.25) is 4.79 Å². The van der Waals surface area contributed by atoms with Crippen LogP contribution in [0.15, 0.2) is 0 Å². The van der Waals surface area contributed by atoms with Crippen molar-refractivity contribution < 1.29 is 23.7 Å². The van der Waals surface area contributed by atoms with E-state index in [1.807, 2.05) is 6.92 Å². The molecule has 0 bridgehead atoms. The van der Waals surface area contributed by atoms with Crippen LogP contribution in [0.3, 0.4) is 0 Å². The van der Waals surface area contributed by atoms with Gasteiger partial charge in [-0.1, -0.05) is 6.42 Å². The number of hydrogen-bond donors (Lipinski definition) is 0. The molecule has 2 saturated heterocycles. The second-order valence-corrected chi connectivity index (χ2v) is 5.52. The molecule has 0 aromatic heterocycles. The number of carbonyl (C=O) groups excluding carboxylic acids is 1. The van der Waals surface area contributed by atoms with Crippen LogP contribution < -0.4 is 0 Å². The third kappa shape index (κ3) is 2.39. The average molecular weight is 270 g/mol. The van der Waals surface area contributed by atoms with Crippen LogP contribution in [-0.2, 0) is 23.7 Å². The molecule has 0 aromatic rings. The topological polar surface area (TPSA) is 54.0 Å². The Morgan fingerprint density at radius 1 is 1.26 bits per heavy atom. The summed E-state index contributed by atoms with van der Waals surface area (Å²) in [6.07, 6.45) is 5.19. The largest absolute Gasteiger partial charge is 0.466 e. The van der Waals surface area contributed by atoms with Crippen molar-refractivity contribution in [3.8, 4) is 0 Å². The zero-order valence-corrected chi connectivity index (χ0v) is 11.4. The van der Waals surface area contributed by atoms with E-state index in [2.05, 4.69) is 0 Å². The first-order chi connectivity index (χ1) is 9.25. The fourth-order valence-corrected chi connectivity index (χ4v) is 3.37. The lowest BCUT2D eigenvalue weighted by molar-refractivity contribution is -0.252. The highest BCUT2D eigenvalue weighted by Gasteiger charge is 2.57. The Morgan fingerprint density at radius 2 is 2.16 bits per heavy atom. The first kappa shape index (κ1) is 13.3. The number of ether oxygens (including phenoxy) is 4. The molecule has 0 N–H and O–H groups in total. The van der Waals surface area contributed by atoms with Gasteiger partial charge >= 0.3 is 5.97 Å². The second-order valence-electron chi connectivity index (χ2n) is 5.52. The molecule has 3 aliphatic rings. The fourth-order valence-electron chi connectivity index (χ4n) is 3.37. The van der Waals surface area contributed by atoms with E-state index < -0.39 is 5.79 Å². The fraction of sp³-hybridized carbons (Fsp3) is 0.929. The van der Waals surface area contributed by atoms with E-state index >= 15 is 0 Å². The SMILES string of the molecule is CCOC(=O)C1CCCCC12OC1CCCOC1O2. The number of fused-ring (bicyclic) bond motifs is 1. The Bertz CT molecular complexity index is 329. The summed E-state index contributed by atoms with van der Waals surface area (Å²) in [7, 11) is 0. The normalized spacial score (nSPS) is 42.1. The molecule has 5 nitrogen and oxygen atoms in total. The maximum atomic E-state index is 12.1. The second kappa shape index (κ2) is 5.38. The molecule has 5 heteroatoms. The minimum absolute atomic E-state index is 0.0243. The number of hydrogen-bond acceptors (Lipinski definition) is 5. The van der Waals surface area contributed by atoms with Crippen LogP contribution in [-0.4, -0.2) is 37.4 Å². The van der Waals surface area contributed by atoms with Gasteiger partial charge in [0.25, 0.3) is 0 Å². The van der Waals surface area contributed by atoms with Crippen LogP contribution in [0, 0.1) is 5.92 Å². The Hall–Kier alpha value is -0.650. The average Bonchev–Trinajstić information content (AvgIpc) is 2.77. The predicted molar refractivity (Wildman–Crippen MR) is 66.3 cm³/mol. The van der Waals surface area contributed by atoms with Gasteiger partial charge in [-0.25, -0.2) is 0 Å². The van der Waals surface area contributed by atoms with Gasteiger partial charge in [0, 0.05) is 13.0 Å². The third-order valence-electron chi connectivity index (χ3n) is 4.26. The predicted octanol–water partition coefficient (Wildman–Crippen LogP) is 1.99. The molecule has 1 saturated carbocycles. The molecule has 0 aromatic carbocycles. The summed E-state index contributed by atoms with van der Waals surface area (Å²) in [5.74, 6) is -1.30. The van der Waals surface area contributed by atoms with Gasteiger partial charge in [0.05, 0.1) is 6.61 Å². The van der Waals surface area contributed by atoms with E-state index in [1.165, 1.54) is 0 Å². The molecule has 0 amide bonds. The Morgan fingerprint density at radius 3 is 2.95 bits per heavy atom. The molecule has 108 valence electrons. The highest BCUT2D eigenvalue weighted by atomic mass is 16.8. The van der Waals surface area contributed by atoms with Crippen molar-refractivity contribution in [1.82, 2.24) is 0 Å². The van der Waals surface area contributed by atoms with Crippen LogP contribution in [0.25, 0.3) is 0 Å². The summed E-state index contributed by atoms with van der Waals surface area (Å²) in [5, 5.41) is 0. The van der Waals surface area contributed by atoms with Gasteiger partial charge in [-0.05, 0) is 32.6 Å². The molecule has 3 rings (SSSR count). The molecule has 2 aliphatic heterocycles. The third-order valence-corrected chi connectivity index (χ3v) is 4.26. The zero-order chi connectivity index (χ0) is 13.3. The Balaban J connectivity index is 1.77. The summed E-state index contributed by atoms with van der Waals surface area (Å²) >= 11 is 0. The summed E-state index contributed by atoms with van der Waals surface area (Å²) in [5.41, 5.74) is 0. The molecule has 19 heavy (non-hydrogen) atoms. The lowest BCUT2D eigenvalue weighted by atomic mass is 9.83. The van der Waals surface area contributed by atoms with Crippen LogP contribution in [0.1, 0.15) is 45.4 Å². The molecule has 1 aliphatic carbocycles. The quantitative estimate of drug-likeness (QED) is 0.718. The highest BCUT2D eigenvalue weighted by Crippen LogP contribution is 2.46. The van der Waals surface area contributed by atoms with Crippen molar-refractivity contribution in [2.24, 2.45) is 5.92 Å². The van der Waals surface area contributed by atoms with Crippen molar-refractivity contribution in [1.29, 1.82) is 0 Å². The van der Waals surface area contributed by atoms with Crippen molar-refractivity contribution in [2.45, 2.75) is 63.6 Å². The maximum absolute atomic E-state index is 12.1. The van der Waals surface area contributed by atoms with Crippen LogP contribution in [0.4, 0.5) is 0 Å². The molecular formula is C14H22O5. The van der Waals surface area contributed by atoms with Crippen LogP contribution in [0.5, 0.6) is 0 Å². The molecule has 4 unspecified atom stereocenters. The van der Waals surface area contributed by atoms with Crippen molar-refractivity contribution in [2.75, 3.05) is 13.2 Å². The van der Waals surface area contributed by atoms with Crippen molar-refractivity contribution >= 4 is 5.97 Å². The highest BCUT2D eigenvalue weighted by molar-refractivity contribution is 5.73. The van der Waals surface area contributed by atoms with Gasteiger partial charge in [0.2, 0.25) is 0 Å². The first-order valence-corrected chi connectivity index (χ1v) is 7.39. The van der Waals surface area contributed by atoms with Gasteiger partial charge in [0.15, 0.2) is 12.1 Å². The van der Waals surface area contributed by atoms with E-state index in [-0.39, 0.29) is 24.3 Å². The van der Waals surface area contributed by atoms with E-state index in [4.69, 9.17) is 18.9 Å². The smallest absolute Gasteiger partial charge is 0.314 e. The van der Waals surface area contributed by atoms with Crippen molar-refractivity contribution in [3.63, 3.8) is 0 Å². The van der Waals surface area contributed by atoms with Gasteiger partial charge in [0.1, 0.15) is 12.0 Å². The minimum atomic E-state index is -0.801. The van der Waals surface area contributed by atoms with E-state index in [9.17, 15) is 4.79 Å². The summed E-state index contributed by atoms with van der Waals surface area (Å²) in [4.78, 5) is 12.1. The van der Waals surface area contributed by atoms with Gasteiger partial charge in [-0.15, -0.1) is 0 Å². The summed E-state index contributed by atoms with van der Waals surface area (Å²) in [6.45, 7) is 2.94. The minimum Gasteiger partial charge on any atom is -0.466 e. The zero-order valence-electron chi connectivity index (χ0n) is 11.4. The number of carbonyl (C=O) groups is 1. The molecule has 0 radical (unpaired) electrons. The Kier molecular flexibility index (Phi) is 3.78. The first-order valence-electron chi connectivity index (χ1n) is 7.39. The molecule has 4 atom stereocenters. The van der Waals surface area contributed by atoms with E-state index in [0.29, 0.717) is 13.2 Å². The number of rotatable bonds is 2. The van der Waals surface area contributed by atoms with E-state index in [0.717, 1.165) is 38.5 Å². The van der Waals surface area contributed by atoms with Gasteiger partial charge < -0.3 is 18.9 Å². The van der Waals surface area contributed by atoms with Crippen LogP contribution in [0.2, 0.25) is 0 Å². The van der Waals surface area contributed by atoms with Gasteiger partial charge in [-0.2, -0.15) is 0 Å². The summed E-state index contributed by atoms with van der Waals surface area (Å²) in [6, 6.07) is 0. The Labute approximate surface area is 113 Å². The molecule has 1 spiro atoms. The molecular weight excluding hydrogens is 248 g/mol. The van der Waals surface area contributed by atoms with Crippen LogP contribution >= 0.6 is 0 Å². The van der Waals surface area contributed by atoms with E-state index in [1.54, 1.807) is 0 Å². The van der Waals surface area contributed by atoms with Crippen molar-refractivity contribution in [3.05, 3.63) is 0 Å². The monoisotopic (exact) mass is 270 g/mol. The molecule has 2 heterocycles. The lowest BCUT2D eigenvalue weighted by Crippen LogP contribution is -2.47. The standard InChI is InChI=1S/C14H22O5/c1-2-16-12(15)10-6-3-4-8-14(10)18-11-7-5-9-17-13(11)19-14/h10-11,13H,2-9H2,1H3. The molecule has 3 fully saturated rings. The number of esters is 1. The maximum Gasteiger partial charge on any atom is 0.314 e. The lowest BCUT2D eigenvalue weighted by Gasteiger charge is -2.37. The summed E-state index contributed by atoms with van der Waals surface area (Å²) < 4.78 is 23.0.